The van der Waals surface area contributed by atoms with Crippen LogP contribution in [0.5, 0.6) is 11.5 Å². The number of carbonyl (C=O) groups excluding carboxylic acids is 1. The molecule has 0 aliphatic carbocycles. The van der Waals surface area contributed by atoms with Crippen LogP contribution >= 0.6 is 11.8 Å². The number of anilines is 1. The van der Waals surface area contributed by atoms with Crippen molar-refractivity contribution in [2.75, 3.05) is 51.1 Å². The highest BCUT2D eigenvalue weighted by atomic mass is 32.2. The number of piperazine rings is 1. The molecule has 1 amide bonds. The van der Waals surface area contributed by atoms with Crippen LogP contribution in [0.15, 0.2) is 53.7 Å². The first-order valence-electron chi connectivity index (χ1n) is 9.90. The zero-order chi connectivity index (χ0) is 21.6. The molecule has 0 unspecified atom stereocenters. The summed E-state index contributed by atoms with van der Waals surface area (Å²) in [6.07, 6.45) is 0. The van der Waals surface area contributed by atoms with E-state index in [1.54, 1.807) is 18.9 Å². The van der Waals surface area contributed by atoms with Crippen molar-refractivity contribution in [2.45, 2.75) is 5.16 Å². The lowest BCUT2D eigenvalue weighted by Gasteiger charge is -2.36. The topological polar surface area (TPSA) is 85.6 Å². The standard InChI is InChI=1S/C21H24N6O3S/c1-29-18-7-3-16(4-8-18)25-11-13-26(14-12-25)20(28)15-31-21-22-23-24-27(21)17-5-9-19(30-2)10-6-17/h3-10H,11-15H2,1-2H3. The monoisotopic (exact) mass is 440 g/mol. The predicted molar refractivity (Wildman–Crippen MR) is 118 cm³/mol. The molecule has 0 spiro atoms. The number of benzene rings is 2. The Morgan fingerprint density at radius 3 is 2.06 bits per heavy atom. The molecule has 162 valence electrons. The Bertz CT molecular complexity index is 1000. The number of hydrogen-bond donors (Lipinski definition) is 0. The van der Waals surface area contributed by atoms with E-state index in [9.17, 15) is 4.79 Å². The fraction of sp³-hybridized carbons (Fsp3) is 0.333. The molecule has 1 fully saturated rings. The first kappa shape index (κ1) is 21.0. The average Bonchev–Trinajstić information content (AvgIpc) is 3.31. The second-order valence-corrected chi connectivity index (χ2v) is 7.87. The summed E-state index contributed by atoms with van der Waals surface area (Å²) in [5.41, 5.74) is 1.95. The van der Waals surface area contributed by atoms with Crippen molar-refractivity contribution in [3.05, 3.63) is 48.5 Å². The summed E-state index contributed by atoms with van der Waals surface area (Å²) < 4.78 is 12.0. The Labute approximate surface area is 184 Å². The maximum Gasteiger partial charge on any atom is 0.233 e. The van der Waals surface area contributed by atoms with Crippen molar-refractivity contribution in [3.63, 3.8) is 0 Å². The molecular formula is C21H24N6O3S. The number of amides is 1. The highest BCUT2D eigenvalue weighted by Gasteiger charge is 2.22. The summed E-state index contributed by atoms with van der Waals surface area (Å²) in [6.45, 7) is 2.97. The Hall–Kier alpha value is -3.27. The summed E-state index contributed by atoms with van der Waals surface area (Å²) >= 11 is 1.34. The van der Waals surface area contributed by atoms with Crippen LogP contribution in [0.25, 0.3) is 5.69 Å². The number of tetrazole rings is 1. The maximum absolute atomic E-state index is 12.7. The number of nitrogens with zero attached hydrogens (tertiary/aromatic N) is 6. The Morgan fingerprint density at radius 1 is 0.903 bits per heavy atom. The molecule has 1 aliphatic heterocycles. The molecule has 3 aromatic rings. The van der Waals surface area contributed by atoms with Gasteiger partial charge in [0, 0.05) is 31.9 Å². The summed E-state index contributed by atoms with van der Waals surface area (Å²) in [4.78, 5) is 16.9. The molecule has 0 radical (unpaired) electrons. The fourth-order valence-electron chi connectivity index (χ4n) is 3.38. The van der Waals surface area contributed by atoms with Crippen molar-refractivity contribution in [1.29, 1.82) is 0 Å². The van der Waals surface area contributed by atoms with E-state index in [0.29, 0.717) is 24.0 Å². The molecule has 1 aromatic heterocycles. The van der Waals surface area contributed by atoms with Crippen molar-refractivity contribution in [2.24, 2.45) is 0 Å². The summed E-state index contributed by atoms with van der Waals surface area (Å²) in [5, 5.41) is 12.4. The van der Waals surface area contributed by atoms with E-state index in [1.807, 2.05) is 53.4 Å². The lowest BCUT2D eigenvalue weighted by atomic mass is 10.2. The quantitative estimate of drug-likeness (QED) is 0.517. The van der Waals surface area contributed by atoms with Crippen molar-refractivity contribution < 1.29 is 14.3 Å². The SMILES string of the molecule is COc1ccc(N2CCN(C(=O)CSc3nnnn3-c3ccc(OC)cc3)CC2)cc1. The lowest BCUT2D eigenvalue weighted by Crippen LogP contribution is -2.49. The van der Waals surface area contributed by atoms with Gasteiger partial charge in [-0.3, -0.25) is 4.79 Å². The van der Waals surface area contributed by atoms with Crippen LogP contribution in [0.2, 0.25) is 0 Å². The Morgan fingerprint density at radius 2 is 1.48 bits per heavy atom. The van der Waals surface area contributed by atoms with Gasteiger partial charge in [0.1, 0.15) is 11.5 Å². The van der Waals surface area contributed by atoms with E-state index in [2.05, 4.69) is 20.4 Å². The molecule has 0 N–H and O–H groups in total. The normalized spacial score (nSPS) is 13.9. The second kappa shape index (κ2) is 9.69. The molecule has 1 saturated heterocycles. The number of thioether (sulfide) groups is 1. The van der Waals surface area contributed by atoms with Gasteiger partial charge in [0.05, 0.1) is 25.7 Å². The largest absolute Gasteiger partial charge is 0.497 e. The molecule has 0 bridgehead atoms. The van der Waals surface area contributed by atoms with Gasteiger partial charge >= 0.3 is 0 Å². The summed E-state index contributed by atoms with van der Waals surface area (Å²) in [7, 11) is 3.28. The van der Waals surface area contributed by atoms with Gasteiger partial charge in [-0.2, -0.15) is 4.68 Å². The van der Waals surface area contributed by atoms with E-state index in [4.69, 9.17) is 9.47 Å². The smallest absolute Gasteiger partial charge is 0.233 e. The summed E-state index contributed by atoms with van der Waals surface area (Å²) in [5.74, 6) is 1.98. The number of rotatable bonds is 7. The van der Waals surface area contributed by atoms with Crippen LogP contribution in [-0.2, 0) is 4.79 Å². The molecule has 2 heterocycles. The first-order chi connectivity index (χ1) is 15.2. The van der Waals surface area contributed by atoms with Crippen LogP contribution in [0.4, 0.5) is 5.69 Å². The zero-order valence-corrected chi connectivity index (χ0v) is 18.3. The third-order valence-electron chi connectivity index (χ3n) is 5.15. The maximum atomic E-state index is 12.7. The first-order valence-corrected chi connectivity index (χ1v) is 10.9. The van der Waals surface area contributed by atoms with Gasteiger partial charge in [-0.25, -0.2) is 0 Å². The molecule has 4 rings (SSSR count). The van der Waals surface area contributed by atoms with Gasteiger partial charge in [0.15, 0.2) is 0 Å². The molecule has 31 heavy (non-hydrogen) atoms. The van der Waals surface area contributed by atoms with Gasteiger partial charge in [-0.05, 0) is 59.0 Å². The Kier molecular flexibility index (Phi) is 6.56. The van der Waals surface area contributed by atoms with E-state index < -0.39 is 0 Å². The van der Waals surface area contributed by atoms with Crippen LogP contribution in [0.1, 0.15) is 0 Å². The van der Waals surface area contributed by atoms with Crippen LogP contribution < -0.4 is 14.4 Å². The summed E-state index contributed by atoms with van der Waals surface area (Å²) in [6, 6.07) is 15.4. The minimum atomic E-state index is 0.0867. The van der Waals surface area contributed by atoms with Gasteiger partial charge < -0.3 is 19.3 Å². The second-order valence-electron chi connectivity index (χ2n) is 6.93. The van der Waals surface area contributed by atoms with Crippen LogP contribution in [0, 0.1) is 0 Å². The molecule has 2 aromatic carbocycles. The van der Waals surface area contributed by atoms with Gasteiger partial charge in [-0.15, -0.1) is 5.10 Å². The Balaban J connectivity index is 1.30. The van der Waals surface area contributed by atoms with Crippen LogP contribution in [-0.4, -0.2) is 77.2 Å². The van der Waals surface area contributed by atoms with E-state index in [0.717, 1.165) is 36.0 Å². The van der Waals surface area contributed by atoms with Crippen LogP contribution in [0.3, 0.4) is 0 Å². The molecule has 9 nitrogen and oxygen atoms in total. The zero-order valence-electron chi connectivity index (χ0n) is 17.5. The number of aromatic nitrogens is 4. The highest BCUT2D eigenvalue weighted by Crippen LogP contribution is 2.23. The van der Waals surface area contributed by atoms with E-state index in [1.165, 1.54) is 11.8 Å². The molecule has 10 heteroatoms. The van der Waals surface area contributed by atoms with Gasteiger partial charge in [-0.1, -0.05) is 11.8 Å². The van der Waals surface area contributed by atoms with Gasteiger partial charge in [0.2, 0.25) is 11.1 Å². The molecule has 0 saturated carbocycles. The van der Waals surface area contributed by atoms with Crippen molar-refractivity contribution in [3.8, 4) is 17.2 Å². The third-order valence-corrected chi connectivity index (χ3v) is 6.06. The molecule has 0 atom stereocenters. The molecule has 1 aliphatic rings. The van der Waals surface area contributed by atoms with E-state index in [-0.39, 0.29) is 5.91 Å². The average molecular weight is 441 g/mol. The van der Waals surface area contributed by atoms with Gasteiger partial charge in [0.25, 0.3) is 0 Å². The van der Waals surface area contributed by atoms with Crippen molar-refractivity contribution >= 4 is 23.4 Å². The van der Waals surface area contributed by atoms with Crippen molar-refractivity contribution in [1.82, 2.24) is 25.1 Å². The number of carbonyl (C=O) groups is 1. The number of methoxy groups -OCH3 is 2. The third kappa shape index (κ3) is 4.91. The number of ether oxygens (including phenoxy) is 2. The fourth-order valence-corrected chi connectivity index (χ4v) is 4.17. The lowest BCUT2D eigenvalue weighted by molar-refractivity contribution is -0.128. The molecular weight excluding hydrogens is 416 g/mol. The number of hydrogen-bond acceptors (Lipinski definition) is 8. The minimum absolute atomic E-state index is 0.0867. The predicted octanol–water partition coefficient (Wildman–Crippen LogP) is 2.12. The minimum Gasteiger partial charge on any atom is -0.497 e. The highest BCUT2D eigenvalue weighted by molar-refractivity contribution is 7.99. The van der Waals surface area contributed by atoms with E-state index >= 15 is 0 Å².